The number of hydrogen-bond acceptors (Lipinski definition) is 4. The van der Waals surface area contributed by atoms with Gasteiger partial charge in [-0.25, -0.2) is 0 Å². The number of halogens is 1. The van der Waals surface area contributed by atoms with E-state index in [1.165, 1.54) is 0 Å². The van der Waals surface area contributed by atoms with Crippen LogP contribution in [0.2, 0.25) is 0 Å². The van der Waals surface area contributed by atoms with Gasteiger partial charge < -0.3 is 15.2 Å². The molecule has 1 unspecified atom stereocenters. The molecule has 0 aliphatic rings. The number of H-pyrrole nitrogens is 1. The van der Waals surface area contributed by atoms with Gasteiger partial charge in [-0.15, -0.1) is 0 Å². The summed E-state index contributed by atoms with van der Waals surface area (Å²) in [6.07, 6.45) is 1.14. The van der Waals surface area contributed by atoms with E-state index in [-0.39, 0.29) is 6.61 Å². The molecular formula is C13H16BrN3O2. The molecule has 1 aromatic heterocycles. The molecule has 0 spiro atoms. The minimum absolute atomic E-state index is 0.249. The predicted molar refractivity (Wildman–Crippen MR) is 75.9 cm³/mol. The topological polar surface area (TPSA) is 70.2 Å². The lowest BCUT2D eigenvalue weighted by atomic mass is 10.3. The number of nitrogens with zero attached hydrogens (tertiary/aromatic N) is 1. The van der Waals surface area contributed by atoms with Crippen molar-refractivity contribution >= 4 is 15.9 Å². The SMILES string of the molecule is OC(CNCc1ccn[nH]1)COc1ccccc1Br. The van der Waals surface area contributed by atoms with Crippen LogP contribution < -0.4 is 10.1 Å². The molecule has 3 N–H and O–H groups in total. The molecule has 0 fully saturated rings. The zero-order valence-corrected chi connectivity index (χ0v) is 11.9. The second kappa shape index (κ2) is 7.28. The summed E-state index contributed by atoms with van der Waals surface area (Å²) in [6, 6.07) is 9.45. The number of hydrogen-bond donors (Lipinski definition) is 3. The van der Waals surface area contributed by atoms with E-state index >= 15 is 0 Å². The summed E-state index contributed by atoms with van der Waals surface area (Å²) in [5, 5.41) is 19.6. The third kappa shape index (κ3) is 4.66. The predicted octanol–water partition coefficient (Wildman–Crippen LogP) is 1.70. The first-order chi connectivity index (χ1) is 9.25. The van der Waals surface area contributed by atoms with Crippen LogP contribution in [0.1, 0.15) is 5.69 Å². The van der Waals surface area contributed by atoms with Crippen LogP contribution in [0.4, 0.5) is 0 Å². The molecule has 102 valence electrons. The number of aromatic nitrogens is 2. The normalized spacial score (nSPS) is 12.3. The standard InChI is InChI=1S/C13H16BrN3O2/c14-12-3-1-2-4-13(12)19-9-11(18)8-15-7-10-5-6-16-17-10/h1-6,11,15,18H,7-9H2,(H,16,17). The Morgan fingerprint density at radius 1 is 1.37 bits per heavy atom. The Bertz CT molecular complexity index is 490. The molecule has 0 saturated heterocycles. The average Bonchev–Trinajstić information content (AvgIpc) is 2.91. The number of rotatable bonds is 7. The highest BCUT2D eigenvalue weighted by molar-refractivity contribution is 9.10. The molecule has 0 aliphatic heterocycles. The molecule has 1 aromatic carbocycles. The summed E-state index contributed by atoms with van der Waals surface area (Å²) in [4.78, 5) is 0. The number of aliphatic hydroxyl groups is 1. The molecule has 2 rings (SSSR count). The van der Waals surface area contributed by atoms with Gasteiger partial charge in [-0.1, -0.05) is 12.1 Å². The Morgan fingerprint density at radius 3 is 2.95 bits per heavy atom. The largest absolute Gasteiger partial charge is 0.490 e. The van der Waals surface area contributed by atoms with Crippen molar-refractivity contribution < 1.29 is 9.84 Å². The van der Waals surface area contributed by atoms with E-state index in [1.54, 1.807) is 6.20 Å². The van der Waals surface area contributed by atoms with Crippen LogP contribution in [0.15, 0.2) is 41.0 Å². The highest BCUT2D eigenvalue weighted by Gasteiger charge is 2.06. The van der Waals surface area contributed by atoms with Crippen LogP contribution >= 0.6 is 15.9 Å². The summed E-state index contributed by atoms with van der Waals surface area (Å²) >= 11 is 3.39. The fourth-order valence-electron chi connectivity index (χ4n) is 1.56. The van der Waals surface area contributed by atoms with Crippen molar-refractivity contribution in [3.8, 4) is 5.75 Å². The zero-order valence-electron chi connectivity index (χ0n) is 10.3. The minimum Gasteiger partial charge on any atom is -0.490 e. The van der Waals surface area contributed by atoms with Crippen molar-refractivity contribution in [2.75, 3.05) is 13.2 Å². The summed E-state index contributed by atoms with van der Waals surface area (Å²) in [5.41, 5.74) is 0.985. The van der Waals surface area contributed by atoms with Gasteiger partial charge in [0, 0.05) is 25.0 Å². The van der Waals surface area contributed by atoms with Crippen molar-refractivity contribution in [2.24, 2.45) is 0 Å². The summed E-state index contributed by atoms with van der Waals surface area (Å²) in [7, 11) is 0. The fourth-order valence-corrected chi connectivity index (χ4v) is 1.96. The average molecular weight is 326 g/mol. The molecule has 6 heteroatoms. The molecule has 0 bridgehead atoms. The highest BCUT2D eigenvalue weighted by atomic mass is 79.9. The van der Waals surface area contributed by atoms with E-state index < -0.39 is 6.10 Å². The number of aliphatic hydroxyl groups excluding tert-OH is 1. The highest BCUT2D eigenvalue weighted by Crippen LogP contribution is 2.23. The lowest BCUT2D eigenvalue weighted by Crippen LogP contribution is -2.31. The van der Waals surface area contributed by atoms with Gasteiger partial charge in [0.15, 0.2) is 0 Å². The first-order valence-corrected chi connectivity index (χ1v) is 6.79. The molecule has 2 aromatic rings. The zero-order chi connectivity index (χ0) is 13.5. The molecule has 0 amide bonds. The maximum Gasteiger partial charge on any atom is 0.133 e. The van der Waals surface area contributed by atoms with Crippen LogP contribution in [-0.2, 0) is 6.54 Å². The van der Waals surface area contributed by atoms with E-state index in [2.05, 4.69) is 31.4 Å². The third-order valence-corrected chi connectivity index (χ3v) is 3.18. The van der Waals surface area contributed by atoms with Crippen molar-refractivity contribution in [3.63, 3.8) is 0 Å². The smallest absolute Gasteiger partial charge is 0.133 e. The van der Waals surface area contributed by atoms with Gasteiger partial charge in [-0.3, -0.25) is 5.10 Å². The van der Waals surface area contributed by atoms with Crippen LogP contribution in [0, 0.1) is 0 Å². The second-order valence-corrected chi connectivity index (χ2v) is 4.96. The van der Waals surface area contributed by atoms with Crippen molar-refractivity contribution in [1.29, 1.82) is 0 Å². The van der Waals surface area contributed by atoms with E-state index in [0.29, 0.717) is 13.1 Å². The van der Waals surface area contributed by atoms with Crippen molar-refractivity contribution in [2.45, 2.75) is 12.6 Å². The van der Waals surface area contributed by atoms with Crippen LogP contribution in [0.3, 0.4) is 0 Å². The first kappa shape index (κ1) is 14.0. The van der Waals surface area contributed by atoms with Crippen molar-refractivity contribution in [3.05, 3.63) is 46.7 Å². The summed E-state index contributed by atoms with van der Waals surface area (Å²) in [5.74, 6) is 0.732. The van der Waals surface area contributed by atoms with Gasteiger partial charge in [-0.2, -0.15) is 5.10 Å². The van der Waals surface area contributed by atoms with Gasteiger partial charge in [0.05, 0.1) is 4.47 Å². The number of aromatic amines is 1. The van der Waals surface area contributed by atoms with E-state index in [0.717, 1.165) is 15.9 Å². The lowest BCUT2D eigenvalue weighted by molar-refractivity contribution is 0.105. The van der Waals surface area contributed by atoms with Crippen molar-refractivity contribution in [1.82, 2.24) is 15.5 Å². The van der Waals surface area contributed by atoms with Crippen LogP contribution in [0.25, 0.3) is 0 Å². The van der Waals surface area contributed by atoms with Gasteiger partial charge >= 0.3 is 0 Å². The molecule has 0 aliphatic carbocycles. The lowest BCUT2D eigenvalue weighted by Gasteiger charge is -2.13. The van der Waals surface area contributed by atoms with Gasteiger partial charge in [0.25, 0.3) is 0 Å². The van der Waals surface area contributed by atoms with Gasteiger partial charge in [-0.05, 0) is 34.1 Å². The fraction of sp³-hybridized carbons (Fsp3) is 0.308. The summed E-state index contributed by atoms with van der Waals surface area (Å²) < 4.78 is 6.41. The molecule has 19 heavy (non-hydrogen) atoms. The Hall–Kier alpha value is -1.37. The molecule has 1 heterocycles. The molecule has 0 saturated carbocycles. The van der Waals surface area contributed by atoms with Crippen LogP contribution in [0.5, 0.6) is 5.75 Å². The quantitative estimate of drug-likeness (QED) is 0.724. The Morgan fingerprint density at radius 2 is 2.21 bits per heavy atom. The van der Waals surface area contributed by atoms with E-state index in [4.69, 9.17) is 4.74 Å². The third-order valence-electron chi connectivity index (χ3n) is 2.52. The second-order valence-electron chi connectivity index (χ2n) is 4.11. The summed E-state index contributed by atoms with van der Waals surface area (Å²) in [6.45, 7) is 1.36. The Kier molecular flexibility index (Phi) is 5.38. The number of nitrogens with one attached hydrogen (secondary N) is 2. The molecule has 0 radical (unpaired) electrons. The Labute approximate surface area is 120 Å². The van der Waals surface area contributed by atoms with E-state index in [9.17, 15) is 5.11 Å². The number of ether oxygens (including phenoxy) is 1. The minimum atomic E-state index is -0.560. The monoisotopic (exact) mass is 325 g/mol. The number of para-hydroxylation sites is 1. The molecular weight excluding hydrogens is 310 g/mol. The van der Waals surface area contributed by atoms with E-state index in [1.807, 2.05) is 30.3 Å². The molecule has 1 atom stereocenters. The van der Waals surface area contributed by atoms with Crippen LogP contribution in [-0.4, -0.2) is 34.6 Å². The molecule has 5 nitrogen and oxygen atoms in total. The Balaban J connectivity index is 1.67. The van der Waals surface area contributed by atoms with Gasteiger partial charge in [0.1, 0.15) is 18.5 Å². The first-order valence-electron chi connectivity index (χ1n) is 6.00. The maximum atomic E-state index is 9.80. The van der Waals surface area contributed by atoms with Gasteiger partial charge in [0.2, 0.25) is 0 Å². The maximum absolute atomic E-state index is 9.80. The number of benzene rings is 1.